The van der Waals surface area contributed by atoms with E-state index in [-0.39, 0.29) is 12.6 Å². The molecule has 0 aliphatic heterocycles. The fourth-order valence-corrected chi connectivity index (χ4v) is 2.76. The molecule has 138 valence electrons. The van der Waals surface area contributed by atoms with E-state index in [1.54, 1.807) is 0 Å². The van der Waals surface area contributed by atoms with Crippen LogP contribution < -0.4 is 4.74 Å². The molecule has 0 heterocycles. The number of carbonyl (C=O) groups is 1. The molecule has 3 aromatic carbocycles. The second kappa shape index (κ2) is 9.04. The van der Waals surface area contributed by atoms with E-state index in [4.69, 9.17) is 9.47 Å². The maximum atomic E-state index is 12.3. The molecular formula is C24H24O3. The summed E-state index contributed by atoms with van der Waals surface area (Å²) in [5.41, 5.74) is 4.46. The van der Waals surface area contributed by atoms with Crippen LogP contribution in [0.25, 0.3) is 11.1 Å². The van der Waals surface area contributed by atoms with E-state index in [0.717, 1.165) is 16.7 Å². The highest BCUT2D eigenvalue weighted by atomic mass is 16.6. The summed E-state index contributed by atoms with van der Waals surface area (Å²) in [5, 5.41) is 0. The predicted octanol–water partition coefficient (Wildman–Crippen LogP) is 5.56. The summed E-state index contributed by atoms with van der Waals surface area (Å²) >= 11 is 0. The maximum Gasteiger partial charge on any atom is 0.347 e. The summed E-state index contributed by atoms with van der Waals surface area (Å²) < 4.78 is 11.2. The van der Waals surface area contributed by atoms with Crippen LogP contribution >= 0.6 is 0 Å². The van der Waals surface area contributed by atoms with Gasteiger partial charge in [-0.2, -0.15) is 0 Å². The zero-order valence-electron chi connectivity index (χ0n) is 15.7. The number of esters is 1. The normalized spacial score (nSPS) is 11.6. The van der Waals surface area contributed by atoms with E-state index in [2.05, 4.69) is 31.2 Å². The molecule has 0 aromatic heterocycles. The predicted molar refractivity (Wildman–Crippen MR) is 108 cm³/mol. The van der Waals surface area contributed by atoms with Gasteiger partial charge in [-0.1, -0.05) is 79.2 Å². The molecular weight excluding hydrogens is 336 g/mol. The van der Waals surface area contributed by atoms with Crippen molar-refractivity contribution in [2.24, 2.45) is 0 Å². The summed E-state index contributed by atoms with van der Waals surface area (Å²) in [6, 6.07) is 25.8. The number of hydrogen-bond donors (Lipinski definition) is 0. The number of hydrogen-bond acceptors (Lipinski definition) is 3. The molecule has 0 radical (unpaired) electrons. The van der Waals surface area contributed by atoms with E-state index in [0.29, 0.717) is 12.2 Å². The standard InChI is InChI=1S/C24H24O3/c1-3-23(24(25)26-17-19-7-5-4-6-8-19)27-22-15-13-21(14-16-22)20-11-9-18(2)10-12-20/h4-16,23H,3,17H2,1-2H3/t23-/m0/s1. The number of carbonyl (C=O) groups excluding carboxylic acids is 1. The Hall–Kier alpha value is -3.07. The Morgan fingerprint density at radius 3 is 2.04 bits per heavy atom. The smallest absolute Gasteiger partial charge is 0.347 e. The first-order valence-electron chi connectivity index (χ1n) is 9.20. The zero-order chi connectivity index (χ0) is 19.1. The summed E-state index contributed by atoms with van der Waals surface area (Å²) in [6.45, 7) is 4.24. The van der Waals surface area contributed by atoms with Crippen LogP contribution in [0.5, 0.6) is 5.75 Å². The van der Waals surface area contributed by atoms with Crippen molar-refractivity contribution in [1.29, 1.82) is 0 Å². The molecule has 1 atom stereocenters. The van der Waals surface area contributed by atoms with E-state index in [9.17, 15) is 4.79 Å². The van der Waals surface area contributed by atoms with Crippen molar-refractivity contribution in [1.82, 2.24) is 0 Å². The lowest BCUT2D eigenvalue weighted by molar-refractivity contribution is -0.153. The Labute approximate surface area is 160 Å². The molecule has 3 rings (SSSR count). The van der Waals surface area contributed by atoms with E-state index < -0.39 is 6.10 Å². The molecule has 0 bridgehead atoms. The topological polar surface area (TPSA) is 35.5 Å². The van der Waals surface area contributed by atoms with Crippen molar-refractivity contribution in [3.63, 3.8) is 0 Å². The van der Waals surface area contributed by atoms with Crippen molar-refractivity contribution in [2.45, 2.75) is 33.0 Å². The van der Waals surface area contributed by atoms with Crippen LogP contribution in [0.2, 0.25) is 0 Å². The summed E-state index contributed by atoms with van der Waals surface area (Å²) in [6.07, 6.45) is -0.0632. The van der Waals surface area contributed by atoms with Crippen LogP contribution in [0.4, 0.5) is 0 Å². The van der Waals surface area contributed by atoms with Gasteiger partial charge in [-0.25, -0.2) is 4.79 Å². The fraction of sp³-hybridized carbons (Fsp3) is 0.208. The van der Waals surface area contributed by atoms with Crippen LogP contribution in [0.3, 0.4) is 0 Å². The van der Waals surface area contributed by atoms with E-state index >= 15 is 0 Å². The molecule has 0 amide bonds. The molecule has 0 saturated carbocycles. The molecule has 0 saturated heterocycles. The average Bonchev–Trinajstić information content (AvgIpc) is 2.72. The molecule has 0 N–H and O–H groups in total. The van der Waals surface area contributed by atoms with Gasteiger partial charge < -0.3 is 9.47 Å². The van der Waals surface area contributed by atoms with Crippen LogP contribution in [0.15, 0.2) is 78.9 Å². The van der Waals surface area contributed by atoms with E-state index in [1.165, 1.54) is 5.56 Å². The molecule has 0 spiro atoms. The van der Waals surface area contributed by atoms with Gasteiger partial charge in [0.05, 0.1) is 0 Å². The van der Waals surface area contributed by atoms with Gasteiger partial charge in [0, 0.05) is 0 Å². The van der Waals surface area contributed by atoms with Crippen LogP contribution in [-0.2, 0) is 16.1 Å². The summed E-state index contributed by atoms with van der Waals surface area (Å²) in [4.78, 5) is 12.3. The van der Waals surface area contributed by atoms with Gasteiger partial charge >= 0.3 is 5.97 Å². The second-order valence-corrected chi connectivity index (χ2v) is 6.50. The lowest BCUT2D eigenvalue weighted by Crippen LogP contribution is -2.28. The van der Waals surface area contributed by atoms with Crippen molar-refractivity contribution in [2.75, 3.05) is 0 Å². The van der Waals surface area contributed by atoms with Gasteiger partial charge in [0.15, 0.2) is 6.10 Å². The maximum absolute atomic E-state index is 12.3. The minimum absolute atomic E-state index is 0.256. The van der Waals surface area contributed by atoms with Crippen molar-refractivity contribution >= 4 is 5.97 Å². The Morgan fingerprint density at radius 1 is 0.852 bits per heavy atom. The first kappa shape index (κ1) is 18.7. The molecule has 27 heavy (non-hydrogen) atoms. The zero-order valence-corrected chi connectivity index (χ0v) is 15.7. The fourth-order valence-electron chi connectivity index (χ4n) is 2.76. The van der Waals surface area contributed by atoms with Crippen molar-refractivity contribution in [3.8, 4) is 16.9 Å². The van der Waals surface area contributed by atoms with Crippen LogP contribution in [0.1, 0.15) is 24.5 Å². The molecule has 0 unspecified atom stereocenters. The number of benzene rings is 3. The highest BCUT2D eigenvalue weighted by molar-refractivity contribution is 5.75. The third-order valence-electron chi connectivity index (χ3n) is 4.38. The minimum atomic E-state index is -0.612. The Morgan fingerprint density at radius 2 is 1.44 bits per heavy atom. The first-order chi connectivity index (χ1) is 13.2. The quantitative estimate of drug-likeness (QED) is 0.517. The minimum Gasteiger partial charge on any atom is -0.479 e. The highest BCUT2D eigenvalue weighted by Gasteiger charge is 2.20. The molecule has 3 nitrogen and oxygen atoms in total. The van der Waals surface area contributed by atoms with Gasteiger partial charge in [-0.3, -0.25) is 0 Å². The number of aryl methyl sites for hydroxylation is 1. The summed E-state index contributed by atoms with van der Waals surface area (Å²) in [7, 11) is 0. The van der Waals surface area contributed by atoms with Crippen LogP contribution in [0, 0.1) is 6.92 Å². The first-order valence-corrected chi connectivity index (χ1v) is 9.20. The molecule has 0 aliphatic rings. The van der Waals surface area contributed by atoms with Gasteiger partial charge in [-0.15, -0.1) is 0 Å². The van der Waals surface area contributed by atoms with Crippen LogP contribution in [-0.4, -0.2) is 12.1 Å². The Kier molecular flexibility index (Phi) is 6.26. The molecule has 0 fully saturated rings. The highest BCUT2D eigenvalue weighted by Crippen LogP contribution is 2.24. The van der Waals surface area contributed by atoms with Gasteiger partial charge in [0.2, 0.25) is 0 Å². The average molecular weight is 360 g/mol. The van der Waals surface area contributed by atoms with Crippen molar-refractivity contribution in [3.05, 3.63) is 90.0 Å². The number of rotatable bonds is 7. The largest absolute Gasteiger partial charge is 0.479 e. The lowest BCUT2D eigenvalue weighted by atomic mass is 10.0. The molecule has 3 heteroatoms. The third kappa shape index (κ3) is 5.20. The molecule has 3 aromatic rings. The third-order valence-corrected chi connectivity index (χ3v) is 4.38. The van der Waals surface area contributed by atoms with Gasteiger partial charge in [0.25, 0.3) is 0 Å². The second-order valence-electron chi connectivity index (χ2n) is 6.50. The van der Waals surface area contributed by atoms with Crippen molar-refractivity contribution < 1.29 is 14.3 Å². The SMILES string of the molecule is CC[C@H](Oc1ccc(-c2ccc(C)cc2)cc1)C(=O)OCc1ccccc1. The monoisotopic (exact) mass is 360 g/mol. The van der Waals surface area contributed by atoms with E-state index in [1.807, 2.05) is 61.5 Å². The van der Waals surface area contributed by atoms with Gasteiger partial charge in [-0.05, 0) is 42.2 Å². The Balaban J connectivity index is 1.60. The summed E-state index contributed by atoms with van der Waals surface area (Å²) in [5.74, 6) is 0.318. The Bertz CT molecular complexity index is 852. The lowest BCUT2D eigenvalue weighted by Gasteiger charge is -2.17. The number of ether oxygens (including phenoxy) is 2. The van der Waals surface area contributed by atoms with Gasteiger partial charge in [0.1, 0.15) is 12.4 Å². The molecule has 0 aliphatic carbocycles.